The van der Waals surface area contributed by atoms with Crippen LogP contribution in [0.25, 0.3) is 5.69 Å². The van der Waals surface area contributed by atoms with Gasteiger partial charge >= 0.3 is 0 Å². The molecule has 0 aliphatic carbocycles. The molecule has 0 bridgehead atoms. The van der Waals surface area contributed by atoms with Crippen molar-refractivity contribution >= 4 is 46.2 Å². The van der Waals surface area contributed by atoms with Crippen LogP contribution in [0.2, 0.25) is 10.0 Å². The summed E-state index contributed by atoms with van der Waals surface area (Å²) < 4.78 is 13.1. The fourth-order valence-electron chi connectivity index (χ4n) is 5.24. The number of ether oxygens (including phenoxy) is 2. The van der Waals surface area contributed by atoms with Crippen LogP contribution in [0.15, 0.2) is 66.9 Å². The molecule has 1 aliphatic heterocycles. The lowest BCUT2D eigenvalue weighted by Gasteiger charge is -2.28. The van der Waals surface area contributed by atoms with Gasteiger partial charge in [0.15, 0.2) is 5.11 Å². The van der Waals surface area contributed by atoms with Gasteiger partial charge in [0.1, 0.15) is 12.4 Å². The Morgan fingerprint density at radius 2 is 1.79 bits per heavy atom. The van der Waals surface area contributed by atoms with Gasteiger partial charge in [-0.3, -0.25) is 4.98 Å². The molecule has 6 nitrogen and oxygen atoms in total. The Morgan fingerprint density at radius 3 is 2.51 bits per heavy atom. The first-order chi connectivity index (χ1) is 18.8. The van der Waals surface area contributed by atoms with Crippen molar-refractivity contribution in [3.05, 3.63) is 105 Å². The van der Waals surface area contributed by atoms with Crippen molar-refractivity contribution in [2.75, 3.05) is 25.2 Å². The number of aromatic nitrogens is 2. The van der Waals surface area contributed by atoms with Gasteiger partial charge in [-0.05, 0) is 92.6 Å². The number of benzene rings is 2. The predicted octanol–water partition coefficient (Wildman–Crippen LogP) is 7.31. The molecule has 3 heterocycles. The van der Waals surface area contributed by atoms with E-state index in [0.717, 1.165) is 44.6 Å². The van der Waals surface area contributed by atoms with Gasteiger partial charge in [0.2, 0.25) is 0 Å². The highest BCUT2D eigenvalue weighted by Crippen LogP contribution is 2.45. The molecule has 1 N–H and O–H groups in total. The van der Waals surface area contributed by atoms with E-state index in [1.54, 1.807) is 13.3 Å². The third-order valence-corrected chi connectivity index (χ3v) is 8.13. The number of hydrogen-bond acceptors (Lipinski definition) is 4. The van der Waals surface area contributed by atoms with E-state index in [9.17, 15) is 0 Å². The highest BCUT2D eigenvalue weighted by atomic mass is 35.5. The molecule has 1 aliphatic rings. The van der Waals surface area contributed by atoms with E-state index < -0.39 is 0 Å². The normalized spacial score (nSPS) is 17.0. The van der Waals surface area contributed by atoms with E-state index in [4.69, 9.17) is 44.9 Å². The van der Waals surface area contributed by atoms with Gasteiger partial charge in [0.05, 0.1) is 29.4 Å². The van der Waals surface area contributed by atoms with Crippen molar-refractivity contribution in [3.63, 3.8) is 0 Å². The molecule has 2 aromatic heterocycles. The lowest BCUT2D eigenvalue weighted by Crippen LogP contribution is -2.29. The number of thiocarbonyl (C=S) groups is 1. The maximum atomic E-state index is 6.67. The van der Waals surface area contributed by atoms with E-state index in [-0.39, 0.29) is 12.1 Å². The smallest absolute Gasteiger partial charge is 0.174 e. The second kappa shape index (κ2) is 11.6. The van der Waals surface area contributed by atoms with Crippen molar-refractivity contribution in [2.24, 2.45) is 0 Å². The lowest BCUT2D eigenvalue weighted by atomic mass is 9.96. The molecule has 0 amide bonds. The standard InChI is InChI=1S/C30H30Cl2N4O2S/c1-18-16-22(20(3)35(18)26-10-7-8-23(31)19(26)2)29-28(25-9-5-6-13-33-25)34-30(39)36(29)21-11-12-27(24(32)17-21)38-15-14-37-4/h5-13,16-17,28-29H,14-15H2,1-4H3,(H,34,39)/t28-,29+/m0/s1. The zero-order valence-corrected chi connectivity index (χ0v) is 24.6. The minimum Gasteiger partial charge on any atom is -0.490 e. The Labute approximate surface area is 244 Å². The van der Waals surface area contributed by atoms with Crippen molar-refractivity contribution in [2.45, 2.75) is 32.9 Å². The van der Waals surface area contributed by atoms with Gasteiger partial charge in [-0.15, -0.1) is 0 Å². The van der Waals surface area contributed by atoms with Crippen LogP contribution in [0.3, 0.4) is 0 Å². The highest BCUT2D eigenvalue weighted by molar-refractivity contribution is 7.80. The Bertz CT molecular complexity index is 1510. The Morgan fingerprint density at radius 1 is 0.974 bits per heavy atom. The van der Waals surface area contributed by atoms with Crippen molar-refractivity contribution in [3.8, 4) is 11.4 Å². The third kappa shape index (κ3) is 5.24. The van der Waals surface area contributed by atoms with E-state index in [2.05, 4.69) is 45.7 Å². The van der Waals surface area contributed by atoms with Crippen molar-refractivity contribution in [1.29, 1.82) is 0 Å². The summed E-state index contributed by atoms with van der Waals surface area (Å²) in [4.78, 5) is 6.81. The van der Waals surface area contributed by atoms with Crippen LogP contribution in [0, 0.1) is 20.8 Å². The highest BCUT2D eigenvalue weighted by Gasteiger charge is 2.42. The average Bonchev–Trinajstić information content (AvgIpc) is 3.42. The molecule has 0 unspecified atom stereocenters. The second-order valence-electron chi connectivity index (χ2n) is 9.50. The Hall–Kier alpha value is -3.10. The van der Waals surface area contributed by atoms with Gasteiger partial charge in [0, 0.05) is 41.1 Å². The first-order valence-electron chi connectivity index (χ1n) is 12.7. The summed E-state index contributed by atoms with van der Waals surface area (Å²) in [7, 11) is 1.64. The molecule has 1 saturated heterocycles. The number of hydrogen-bond donors (Lipinski definition) is 1. The molecule has 2 atom stereocenters. The lowest BCUT2D eigenvalue weighted by molar-refractivity contribution is 0.146. The van der Waals surface area contributed by atoms with E-state index in [1.807, 2.05) is 55.5 Å². The minimum absolute atomic E-state index is 0.176. The fraction of sp³-hybridized carbons (Fsp3) is 0.267. The third-order valence-electron chi connectivity index (χ3n) is 7.11. The van der Waals surface area contributed by atoms with E-state index >= 15 is 0 Å². The largest absolute Gasteiger partial charge is 0.490 e. The number of pyridine rings is 1. The van der Waals surface area contributed by atoms with Crippen molar-refractivity contribution < 1.29 is 9.47 Å². The first-order valence-corrected chi connectivity index (χ1v) is 13.8. The molecule has 0 spiro atoms. The van der Waals surface area contributed by atoms with Crippen LogP contribution >= 0.6 is 35.4 Å². The number of anilines is 1. The quantitative estimate of drug-likeness (QED) is 0.174. The van der Waals surface area contributed by atoms with Crippen LogP contribution in [-0.4, -0.2) is 35.0 Å². The number of nitrogens with one attached hydrogen (secondary N) is 1. The topological polar surface area (TPSA) is 51.6 Å². The van der Waals surface area contributed by atoms with Gasteiger partial charge < -0.3 is 24.3 Å². The van der Waals surface area contributed by atoms with Gasteiger partial charge in [-0.25, -0.2) is 0 Å². The second-order valence-corrected chi connectivity index (χ2v) is 10.7. The summed E-state index contributed by atoms with van der Waals surface area (Å²) in [6.45, 7) is 7.19. The average molecular weight is 582 g/mol. The number of aryl methyl sites for hydroxylation is 1. The molecule has 39 heavy (non-hydrogen) atoms. The van der Waals surface area contributed by atoms with Crippen LogP contribution in [-0.2, 0) is 4.74 Å². The summed E-state index contributed by atoms with van der Waals surface area (Å²) in [5.41, 5.74) is 7.19. The molecule has 5 rings (SSSR count). The fourth-order valence-corrected chi connectivity index (χ4v) is 5.98. The Balaban J connectivity index is 1.62. The molecule has 9 heteroatoms. The van der Waals surface area contributed by atoms with Gasteiger partial charge in [0.25, 0.3) is 0 Å². The molecule has 4 aromatic rings. The monoisotopic (exact) mass is 580 g/mol. The van der Waals surface area contributed by atoms with Crippen LogP contribution < -0.4 is 15.0 Å². The number of methoxy groups -OCH3 is 1. The molecular weight excluding hydrogens is 551 g/mol. The minimum atomic E-state index is -0.178. The Kier molecular flexibility index (Phi) is 8.14. The van der Waals surface area contributed by atoms with Gasteiger partial charge in [-0.1, -0.05) is 35.3 Å². The summed E-state index contributed by atoms with van der Waals surface area (Å²) in [5, 5.41) is 5.38. The van der Waals surface area contributed by atoms with Crippen LogP contribution in [0.5, 0.6) is 5.75 Å². The first kappa shape index (κ1) is 27.5. The predicted molar refractivity (Wildman–Crippen MR) is 162 cm³/mol. The maximum Gasteiger partial charge on any atom is 0.174 e. The summed E-state index contributed by atoms with van der Waals surface area (Å²) >= 11 is 19.1. The number of halogens is 2. The SMILES string of the molecule is COCCOc1ccc(N2C(=S)N[C@@H](c3ccccn3)[C@H]2c2cc(C)n(-c3cccc(Cl)c3C)c2C)cc1Cl. The number of rotatable bonds is 8. The molecule has 2 aromatic carbocycles. The van der Waals surface area contributed by atoms with Crippen LogP contribution in [0.1, 0.15) is 40.3 Å². The zero-order valence-electron chi connectivity index (χ0n) is 22.2. The molecule has 202 valence electrons. The molecule has 1 fully saturated rings. The van der Waals surface area contributed by atoms with E-state index in [0.29, 0.717) is 29.1 Å². The van der Waals surface area contributed by atoms with Crippen molar-refractivity contribution in [1.82, 2.24) is 14.9 Å². The zero-order chi connectivity index (χ0) is 27.7. The van der Waals surface area contributed by atoms with E-state index in [1.165, 1.54) is 0 Å². The molecule has 0 saturated carbocycles. The number of nitrogens with zero attached hydrogens (tertiary/aromatic N) is 3. The summed E-state index contributed by atoms with van der Waals surface area (Å²) in [6, 6.07) is 19.6. The summed E-state index contributed by atoms with van der Waals surface area (Å²) in [6.07, 6.45) is 1.81. The molecule has 0 radical (unpaired) electrons. The van der Waals surface area contributed by atoms with Gasteiger partial charge in [-0.2, -0.15) is 0 Å². The maximum absolute atomic E-state index is 6.67. The summed E-state index contributed by atoms with van der Waals surface area (Å²) in [5.74, 6) is 0.600. The van der Waals surface area contributed by atoms with Crippen LogP contribution in [0.4, 0.5) is 5.69 Å². The molecular formula is C30H30Cl2N4O2S.